The summed E-state index contributed by atoms with van der Waals surface area (Å²) in [6.07, 6.45) is -3.69. The highest BCUT2D eigenvalue weighted by Gasteiger charge is 2.35. The molecule has 0 saturated carbocycles. The molecule has 1 saturated heterocycles. The van der Waals surface area contributed by atoms with Gasteiger partial charge in [-0.3, -0.25) is 0 Å². The minimum absolute atomic E-state index is 0.0367. The molecule has 1 amide bonds. The van der Waals surface area contributed by atoms with Gasteiger partial charge in [-0.25, -0.2) is 4.79 Å². The normalized spacial score (nSPS) is 15.4. The van der Waals surface area contributed by atoms with Crippen molar-refractivity contribution in [2.24, 2.45) is 0 Å². The average molecular weight is 473 g/mol. The van der Waals surface area contributed by atoms with Crippen LogP contribution < -0.4 is 0 Å². The van der Waals surface area contributed by atoms with Crippen molar-refractivity contribution in [1.29, 1.82) is 0 Å². The zero-order valence-corrected chi connectivity index (χ0v) is 19.2. The fourth-order valence-corrected chi connectivity index (χ4v) is 3.95. The molecule has 0 spiro atoms. The van der Waals surface area contributed by atoms with Crippen molar-refractivity contribution in [3.63, 3.8) is 0 Å². The van der Waals surface area contributed by atoms with Crippen molar-refractivity contribution in [2.45, 2.75) is 51.3 Å². The van der Waals surface area contributed by atoms with Crippen LogP contribution >= 0.6 is 0 Å². The predicted octanol–water partition coefficient (Wildman–Crippen LogP) is 6.54. The van der Waals surface area contributed by atoms with Gasteiger partial charge >= 0.3 is 12.3 Å². The van der Waals surface area contributed by atoms with E-state index in [1.807, 2.05) is 20.8 Å². The number of nitrogens with zero attached hydrogens (tertiary/aromatic N) is 3. The first-order valence-electron chi connectivity index (χ1n) is 11.1. The molecular weight excluding hydrogens is 447 g/mol. The lowest BCUT2D eigenvalue weighted by Crippen LogP contribution is -2.41. The molecule has 0 aliphatic carbocycles. The number of ether oxygens (including phenoxy) is 1. The topological polar surface area (TPSA) is 68.5 Å². The molecule has 0 atom stereocenters. The van der Waals surface area contributed by atoms with Gasteiger partial charge in [0.2, 0.25) is 0 Å². The highest BCUT2D eigenvalue weighted by molar-refractivity contribution is 5.72. The molecule has 1 aliphatic rings. The standard InChI is InChI=1S/C25H26F3N3O3/c1-24(2,3)33-23(32)31-13-11-17(12-14-31)21-29-22(34-30-21)18-9-10-19(16-7-5-4-6-8-16)20(15-18)25(26,27)28/h4-10,15,17H,11-14H2,1-3H3. The van der Waals surface area contributed by atoms with Gasteiger partial charge in [-0.15, -0.1) is 0 Å². The highest BCUT2D eigenvalue weighted by atomic mass is 19.4. The molecule has 4 rings (SSSR count). The van der Waals surface area contributed by atoms with E-state index in [0.717, 1.165) is 6.07 Å². The number of carbonyl (C=O) groups excluding carboxylic acids is 1. The first kappa shape index (κ1) is 23.8. The number of amides is 1. The molecule has 0 unspecified atom stereocenters. The van der Waals surface area contributed by atoms with Crippen molar-refractivity contribution in [3.8, 4) is 22.6 Å². The summed E-state index contributed by atoms with van der Waals surface area (Å²) < 4.78 is 52.2. The lowest BCUT2D eigenvalue weighted by Gasteiger charge is -2.32. The van der Waals surface area contributed by atoms with E-state index in [1.165, 1.54) is 6.07 Å². The summed E-state index contributed by atoms with van der Waals surface area (Å²) >= 11 is 0. The number of aromatic nitrogens is 2. The second-order valence-corrected chi connectivity index (χ2v) is 9.32. The van der Waals surface area contributed by atoms with Gasteiger partial charge in [0.1, 0.15) is 5.60 Å². The minimum atomic E-state index is -4.54. The van der Waals surface area contributed by atoms with Crippen molar-refractivity contribution in [1.82, 2.24) is 15.0 Å². The van der Waals surface area contributed by atoms with Gasteiger partial charge in [-0.2, -0.15) is 18.2 Å². The van der Waals surface area contributed by atoms with E-state index in [-0.39, 0.29) is 29.0 Å². The molecule has 0 radical (unpaired) electrons. The van der Waals surface area contributed by atoms with Crippen LogP contribution in [-0.2, 0) is 10.9 Å². The Kier molecular flexibility index (Phi) is 6.38. The number of halogens is 3. The summed E-state index contributed by atoms with van der Waals surface area (Å²) in [4.78, 5) is 18.3. The van der Waals surface area contributed by atoms with Crippen LogP contribution in [0.25, 0.3) is 22.6 Å². The van der Waals surface area contributed by atoms with Crippen LogP contribution in [0.2, 0.25) is 0 Å². The zero-order chi connectivity index (χ0) is 24.5. The van der Waals surface area contributed by atoms with E-state index in [2.05, 4.69) is 10.1 Å². The largest absolute Gasteiger partial charge is 0.444 e. The Morgan fingerprint density at radius 2 is 1.71 bits per heavy atom. The molecule has 1 fully saturated rings. The van der Waals surface area contributed by atoms with Crippen LogP contribution in [0.3, 0.4) is 0 Å². The number of benzene rings is 2. The summed E-state index contributed by atoms with van der Waals surface area (Å²) in [5.74, 6) is 0.413. The van der Waals surface area contributed by atoms with Gasteiger partial charge < -0.3 is 14.2 Å². The van der Waals surface area contributed by atoms with Crippen molar-refractivity contribution < 1.29 is 27.2 Å². The maximum atomic E-state index is 13.8. The van der Waals surface area contributed by atoms with Crippen LogP contribution in [0.15, 0.2) is 53.1 Å². The van der Waals surface area contributed by atoms with Crippen LogP contribution in [0, 0.1) is 0 Å². The second-order valence-electron chi connectivity index (χ2n) is 9.32. The van der Waals surface area contributed by atoms with E-state index in [1.54, 1.807) is 41.3 Å². The number of carbonyl (C=O) groups is 1. The quantitative estimate of drug-likeness (QED) is 0.432. The maximum absolute atomic E-state index is 13.8. The van der Waals surface area contributed by atoms with E-state index in [0.29, 0.717) is 37.3 Å². The van der Waals surface area contributed by atoms with Crippen molar-refractivity contribution in [3.05, 3.63) is 59.9 Å². The van der Waals surface area contributed by atoms with Crippen LogP contribution in [-0.4, -0.2) is 39.8 Å². The summed E-state index contributed by atoms with van der Waals surface area (Å²) in [5.41, 5.74) is -0.559. The summed E-state index contributed by atoms with van der Waals surface area (Å²) in [6, 6.07) is 12.4. The summed E-state index contributed by atoms with van der Waals surface area (Å²) in [5, 5.41) is 4.02. The summed E-state index contributed by atoms with van der Waals surface area (Å²) in [7, 11) is 0. The minimum Gasteiger partial charge on any atom is -0.444 e. The monoisotopic (exact) mass is 473 g/mol. The third-order valence-corrected chi connectivity index (χ3v) is 5.61. The fraction of sp³-hybridized carbons (Fsp3) is 0.400. The third-order valence-electron chi connectivity index (χ3n) is 5.61. The van der Waals surface area contributed by atoms with E-state index < -0.39 is 17.3 Å². The molecule has 6 nitrogen and oxygen atoms in total. The average Bonchev–Trinajstić information content (AvgIpc) is 3.28. The lowest BCUT2D eigenvalue weighted by molar-refractivity contribution is -0.137. The first-order valence-corrected chi connectivity index (χ1v) is 11.1. The molecule has 9 heteroatoms. The Labute approximate surface area is 195 Å². The molecule has 3 aromatic rings. The number of rotatable bonds is 3. The van der Waals surface area contributed by atoms with E-state index in [9.17, 15) is 18.0 Å². The van der Waals surface area contributed by atoms with Crippen LogP contribution in [0.1, 0.15) is 50.9 Å². The lowest BCUT2D eigenvalue weighted by atomic mass is 9.96. The number of hydrogen-bond donors (Lipinski definition) is 0. The molecule has 2 heterocycles. The van der Waals surface area contributed by atoms with E-state index in [4.69, 9.17) is 9.26 Å². The molecule has 180 valence electrons. The van der Waals surface area contributed by atoms with Crippen LogP contribution in [0.5, 0.6) is 0 Å². The smallest absolute Gasteiger partial charge is 0.417 e. The van der Waals surface area contributed by atoms with Gasteiger partial charge in [0.15, 0.2) is 5.82 Å². The van der Waals surface area contributed by atoms with Crippen molar-refractivity contribution in [2.75, 3.05) is 13.1 Å². The molecule has 2 aromatic carbocycles. The van der Waals surface area contributed by atoms with Gasteiger partial charge in [0.25, 0.3) is 5.89 Å². The third kappa shape index (κ3) is 5.40. The Balaban J connectivity index is 1.51. The van der Waals surface area contributed by atoms with Gasteiger partial charge in [-0.05, 0) is 56.9 Å². The highest BCUT2D eigenvalue weighted by Crippen LogP contribution is 2.39. The maximum Gasteiger partial charge on any atom is 0.417 e. The van der Waals surface area contributed by atoms with Gasteiger partial charge in [0.05, 0.1) is 5.56 Å². The molecule has 0 bridgehead atoms. The number of likely N-dealkylation sites (tertiary alicyclic amines) is 1. The molecule has 34 heavy (non-hydrogen) atoms. The van der Waals surface area contributed by atoms with Crippen LogP contribution in [0.4, 0.5) is 18.0 Å². The molecule has 1 aliphatic heterocycles. The molecular formula is C25H26F3N3O3. The molecule has 1 aromatic heterocycles. The number of hydrogen-bond acceptors (Lipinski definition) is 5. The Morgan fingerprint density at radius 3 is 2.32 bits per heavy atom. The fourth-order valence-electron chi connectivity index (χ4n) is 3.95. The number of alkyl halides is 3. The molecule has 0 N–H and O–H groups in total. The Morgan fingerprint density at radius 1 is 1.03 bits per heavy atom. The van der Waals surface area contributed by atoms with Crippen molar-refractivity contribution >= 4 is 6.09 Å². The van der Waals surface area contributed by atoms with Gasteiger partial charge in [-0.1, -0.05) is 41.6 Å². The first-order chi connectivity index (χ1) is 16.0. The second kappa shape index (κ2) is 9.12. The summed E-state index contributed by atoms with van der Waals surface area (Å²) in [6.45, 7) is 6.40. The Bertz CT molecular complexity index is 1150. The number of piperidine rings is 1. The Hall–Kier alpha value is -3.36. The SMILES string of the molecule is CC(C)(C)OC(=O)N1CCC(c2noc(-c3ccc(-c4ccccc4)c(C(F)(F)F)c3)n2)CC1. The van der Waals surface area contributed by atoms with E-state index >= 15 is 0 Å². The predicted molar refractivity (Wildman–Crippen MR) is 120 cm³/mol. The van der Waals surface area contributed by atoms with Gasteiger partial charge in [0, 0.05) is 24.6 Å². The zero-order valence-electron chi connectivity index (χ0n) is 19.2.